The van der Waals surface area contributed by atoms with Crippen LogP contribution in [0, 0.1) is 11.8 Å². The summed E-state index contributed by atoms with van der Waals surface area (Å²) in [4.78, 5) is 51.0. The summed E-state index contributed by atoms with van der Waals surface area (Å²) in [6.07, 6.45) is 8.93. The van der Waals surface area contributed by atoms with Gasteiger partial charge in [-0.15, -0.1) is 6.58 Å². The molecule has 0 aromatic heterocycles. The molecule has 2 amide bonds. The predicted octanol–water partition coefficient (Wildman–Crippen LogP) is 3.99. The zero-order valence-corrected chi connectivity index (χ0v) is 24.7. The Morgan fingerprint density at radius 3 is 2.41 bits per heavy atom. The molecule has 10 heteroatoms. The number of carbonyl (C=O) groups is 4. The van der Waals surface area contributed by atoms with Crippen LogP contribution in [0.4, 0.5) is 4.79 Å². The molecule has 2 rings (SSSR count). The number of ketones is 2. The van der Waals surface area contributed by atoms with Crippen LogP contribution in [0.1, 0.15) is 46.5 Å². The Balaban J connectivity index is 2.62. The number of methoxy groups -OCH3 is 3. The van der Waals surface area contributed by atoms with Gasteiger partial charge >= 0.3 is 6.09 Å². The molecule has 1 aliphatic carbocycles. The SMILES string of the molecule is C=C[C@H]1/C=C(\C)[C@H](OC(N)=O)[C@@H](OC)/C=C\C=C(/C)C(=O)NC2=CC(=O)C(OC)=C(C[C@@H](CC)C[C@H](OC)C1)C2=O. The summed E-state index contributed by atoms with van der Waals surface area (Å²) in [7, 11) is 4.44. The lowest BCUT2D eigenvalue weighted by Gasteiger charge is -2.27. The average molecular weight is 571 g/mol. The molecule has 10 nitrogen and oxygen atoms in total. The van der Waals surface area contributed by atoms with Gasteiger partial charge in [0, 0.05) is 31.4 Å². The van der Waals surface area contributed by atoms with Crippen molar-refractivity contribution in [3.05, 3.63) is 71.2 Å². The van der Waals surface area contributed by atoms with E-state index < -0.39 is 35.8 Å². The Bertz CT molecular complexity index is 1180. The molecule has 1 aliphatic heterocycles. The first kappa shape index (κ1) is 33.4. The third-order valence-corrected chi connectivity index (χ3v) is 7.33. The normalized spacial score (nSPS) is 30.2. The van der Waals surface area contributed by atoms with Crippen molar-refractivity contribution in [1.82, 2.24) is 5.32 Å². The molecule has 0 spiro atoms. The van der Waals surface area contributed by atoms with Crippen LogP contribution < -0.4 is 11.1 Å². The Kier molecular flexibility index (Phi) is 13.0. The molecule has 0 saturated carbocycles. The second-order valence-corrected chi connectivity index (χ2v) is 10.1. The first-order valence-corrected chi connectivity index (χ1v) is 13.6. The van der Waals surface area contributed by atoms with Gasteiger partial charge in [-0.25, -0.2) is 4.79 Å². The van der Waals surface area contributed by atoms with Crippen LogP contribution in [0.2, 0.25) is 0 Å². The fraction of sp³-hybridized carbons (Fsp3) is 0.484. The van der Waals surface area contributed by atoms with Gasteiger partial charge in [-0.1, -0.05) is 43.7 Å². The van der Waals surface area contributed by atoms with Gasteiger partial charge in [0.15, 0.2) is 11.9 Å². The highest BCUT2D eigenvalue weighted by molar-refractivity contribution is 6.23. The minimum Gasteiger partial charge on any atom is -0.492 e. The van der Waals surface area contributed by atoms with Crippen molar-refractivity contribution in [3.8, 4) is 0 Å². The summed E-state index contributed by atoms with van der Waals surface area (Å²) >= 11 is 0. The lowest BCUT2D eigenvalue weighted by molar-refractivity contribution is -0.120. The zero-order valence-electron chi connectivity index (χ0n) is 24.7. The molecule has 5 atom stereocenters. The van der Waals surface area contributed by atoms with E-state index in [0.717, 1.165) is 6.08 Å². The van der Waals surface area contributed by atoms with E-state index in [2.05, 4.69) is 11.9 Å². The van der Waals surface area contributed by atoms with Crippen LogP contribution in [-0.4, -0.2) is 63.2 Å². The van der Waals surface area contributed by atoms with Gasteiger partial charge in [0.2, 0.25) is 11.6 Å². The molecular weight excluding hydrogens is 528 g/mol. The molecule has 0 aromatic carbocycles. The molecule has 0 saturated heterocycles. The number of rotatable bonds is 6. The van der Waals surface area contributed by atoms with Gasteiger partial charge in [-0.05, 0) is 50.5 Å². The van der Waals surface area contributed by atoms with Crippen molar-refractivity contribution in [2.24, 2.45) is 17.6 Å². The van der Waals surface area contributed by atoms with Crippen LogP contribution in [0.15, 0.2) is 71.2 Å². The molecule has 224 valence electrons. The highest BCUT2D eigenvalue weighted by atomic mass is 16.6. The number of nitrogens with two attached hydrogens (primary N) is 1. The molecular formula is C31H42N2O8. The smallest absolute Gasteiger partial charge is 0.405 e. The number of fused-ring (bicyclic) bond motifs is 2. The largest absolute Gasteiger partial charge is 0.492 e. The minimum absolute atomic E-state index is 0.0184. The number of primary amides is 1. The van der Waals surface area contributed by atoms with Gasteiger partial charge < -0.3 is 30.0 Å². The lowest BCUT2D eigenvalue weighted by atomic mass is 9.84. The Labute approximate surface area is 242 Å². The van der Waals surface area contributed by atoms with Gasteiger partial charge in [-0.2, -0.15) is 0 Å². The average Bonchev–Trinajstić information content (AvgIpc) is 2.94. The van der Waals surface area contributed by atoms with Crippen molar-refractivity contribution in [2.45, 2.75) is 64.8 Å². The van der Waals surface area contributed by atoms with Gasteiger partial charge in [0.1, 0.15) is 6.10 Å². The first-order valence-electron chi connectivity index (χ1n) is 13.6. The zero-order chi connectivity index (χ0) is 30.7. The summed E-state index contributed by atoms with van der Waals surface area (Å²) in [6.45, 7) is 9.35. The fourth-order valence-electron chi connectivity index (χ4n) is 4.94. The van der Waals surface area contributed by atoms with Gasteiger partial charge in [0.25, 0.3) is 5.91 Å². The maximum atomic E-state index is 13.5. The molecule has 3 N–H and O–H groups in total. The molecule has 0 radical (unpaired) electrons. The summed E-state index contributed by atoms with van der Waals surface area (Å²) in [5, 5.41) is 2.57. The summed E-state index contributed by atoms with van der Waals surface area (Å²) in [5.41, 5.74) is 6.44. The number of nitrogens with one attached hydrogen (secondary N) is 1. The van der Waals surface area contributed by atoms with E-state index in [-0.39, 0.29) is 47.0 Å². The van der Waals surface area contributed by atoms with E-state index in [1.54, 1.807) is 32.3 Å². The minimum atomic E-state index is -0.957. The second kappa shape index (κ2) is 15.9. The van der Waals surface area contributed by atoms with Gasteiger partial charge in [-0.3, -0.25) is 14.4 Å². The molecule has 0 aromatic rings. The van der Waals surface area contributed by atoms with Crippen molar-refractivity contribution in [2.75, 3.05) is 21.3 Å². The Morgan fingerprint density at radius 2 is 1.85 bits per heavy atom. The van der Waals surface area contributed by atoms with Gasteiger partial charge in [0.05, 0.1) is 18.9 Å². The van der Waals surface area contributed by atoms with Crippen LogP contribution in [-0.2, 0) is 33.3 Å². The highest BCUT2D eigenvalue weighted by Gasteiger charge is 2.33. The van der Waals surface area contributed by atoms with E-state index in [1.165, 1.54) is 20.3 Å². The Hall–Kier alpha value is -3.76. The number of amides is 2. The molecule has 0 unspecified atom stereocenters. The fourth-order valence-corrected chi connectivity index (χ4v) is 4.94. The number of hydrogen-bond donors (Lipinski definition) is 2. The topological polar surface area (TPSA) is 143 Å². The summed E-state index contributed by atoms with van der Waals surface area (Å²) in [5.74, 6) is -1.70. The monoisotopic (exact) mass is 570 g/mol. The standard InChI is InChI=1S/C31H42N2O8/c1-8-20-13-19(4)28(41-31(32)37)26(39-6)12-10-11-18(3)30(36)33-24-17-25(34)29(40-7)23(27(24)35)16-21(9-2)15-22(14-20)38-5/h8,10-13,17,20-22,26,28H,1,9,14-16H2,2-7H3,(H2,32,37)(H,33,36)/b12-10-,18-11+,19-13+/t20-,21-,22+,26-,28-/m0/s1. The van der Waals surface area contributed by atoms with E-state index in [1.807, 2.05) is 19.9 Å². The van der Waals surface area contributed by atoms with Crippen molar-refractivity contribution in [3.63, 3.8) is 0 Å². The summed E-state index contributed by atoms with van der Waals surface area (Å²) in [6, 6.07) is 0. The summed E-state index contributed by atoms with van der Waals surface area (Å²) < 4.78 is 22.2. The van der Waals surface area contributed by atoms with Crippen molar-refractivity contribution < 1.29 is 38.1 Å². The molecule has 1 heterocycles. The predicted molar refractivity (Wildman–Crippen MR) is 154 cm³/mol. The number of Topliss-reactive ketones (excluding diaryl/α,β-unsaturated/α-hetero) is 1. The lowest BCUT2D eigenvalue weighted by Crippen LogP contribution is -2.35. The number of allylic oxidation sites excluding steroid dienone is 6. The van der Waals surface area contributed by atoms with Crippen LogP contribution in [0.3, 0.4) is 0 Å². The molecule has 41 heavy (non-hydrogen) atoms. The second-order valence-electron chi connectivity index (χ2n) is 10.1. The van der Waals surface area contributed by atoms with Crippen molar-refractivity contribution in [1.29, 1.82) is 0 Å². The van der Waals surface area contributed by atoms with Crippen LogP contribution in [0.5, 0.6) is 0 Å². The van der Waals surface area contributed by atoms with Crippen LogP contribution >= 0.6 is 0 Å². The van der Waals surface area contributed by atoms with Crippen LogP contribution in [0.25, 0.3) is 0 Å². The number of carbonyl (C=O) groups excluding carboxylic acids is 4. The molecule has 2 aliphatic rings. The third kappa shape index (κ3) is 9.12. The first-order chi connectivity index (χ1) is 19.5. The molecule has 2 bridgehead atoms. The van der Waals surface area contributed by atoms with E-state index in [4.69, 9.17) is 24.7 Å². The quantitative estimate of drug-likeness (QED) is 0.360. The Morgan fingerprint density at radius 1 is 1.15 bits per heavy atom. The van der Waals surface area contributed by atoms with E-state index in [9.17, 15) is 19.2 Å². The highest BCUT2D eigenvalue weighted by Crippen LogP contribution is 2.31. The van der Waals surface area contributed by atoms with Crippen molar-refractivity contribution >= 4 is 23.6 Å². The number of hydrogen-bond acceptors (Lipinski definition) is 8. The molecule has 0 fully saturated rings. The number of ether oxygens (including phenoxy) is 4. The maximum Gasteiger partial charge on any atom is 0.405 e. The maximum absolute atomic E-state index is 13.5. The van der Waals surface area contributed by atoms with E-state index in [0.29, 0.717) is 24.8 Å². The third-order valence-electron chi connectivity index (χ3n) is 7.33. The van der Waals surface area contributed by atoms with E-state index >= 15 is 0 Å².